The minimum atomic E-state index is -0.400. The number of rotatable bonds is 5. The van der Waals surface area contributed by atoms with Gasteiger partial charge in [-0.1, -0.05) is 0 Å². The van der Waals surface area contributed by atoms with Gasteiger partial charge in [-0.15, -0.1) is 11.3 Å². The molecule has 1 N–H and O–H groups in total. The van der Waals surface area contributed by atoms with E-state index in [4.69, 9.17) is 9.15 Å². The van der Waals surface area contributed by atoms with E-state index in [0.717, 1.165) is 31.2 Å². The molecule has 0 unspecified atom stereocenters. The number of thiophene rings is 1. The Balaban J connectivity index is 1.43. The number of benzene rings is 1. The SMILES string of the molecule is N#Cc1c(NC(=O)c2ccc(COc3ccc(F)cc3)o2)sc2c1CCCC2. The molecule has 4 rings (SSSR count). The minimum absolute atomic E-state index is 0.121. The van der Waals surface area contributed by atoms with Gasteiger partial charge in [0.1, 0.15) is 35.0 Å². The number of hydrogen-bond donors (Lipinski definition) is 1. The number of anilines is 1. The Morgan fingerprint density at radius 2 is 2.00 bits per heavy atom. The summed E-state index contributed by atoms with van der Waals surface area (Å²) in [4.78, 5) is 13.7. The highest BCUT2D eigenvalue weighted by Crippen LogP contribution is 2.37. The Kier molecular flexibility index (Phi) is 5.13. The van der Waals surface area contributed by atoms with Gasteiger partial charge in [0.25, 0.3) is 5.91 Å². The van der Waals surface area contributed by atoms with Gasteiger partial charge in [0.05, 0.1) is 5.56 Å². The lowest BCUT2D eigenvalue weighted by atomic mass is 9.96. The fourth-order valence-electron chi connectivity index (χ4n) is 3.20. The highest BCUT2D eigenvalue weighted by Gasteiger charge is 2.23. The molecular formula is C21H17FN2O3S. The molecule has 28 heavy (non-hydrogen) atoms. The van der Waals surface area contributed by atoms with E-state index in [9.17, 15) is 14.4 Å². The predicted molar refractivity (Wildman–Crippen MR) is 103 cm³/mol. The van der Waals surface area contributed by atoms with E-state index in [1.54, 1.807) is 12.1 Å². The second kappa shape index (κ2) is 7.87. The van der Waals surface area contributed by atoms with Crippen LogP contribution < -0.4 is 10.1 Å². The van der Waals surface area contributed by atoms with Crippen LogP contribution in [0.4, 0.5) is 9.39 Å². The van der Waals surface area contributed by atoms with E-state index >= 15 is 0 Å². The van der Waals surface area contributed by atoms with Gasteiger partial charge < -0.3 is 14.5 Å². The number of nitrogens with one attached hydrogen (secondary N) is 1. The molecule has 0 saturated heterocycles. The highest BCUT2D eigenvalue weighted by molar-refractivity contribution is 7.16. The molecule has 1 aromatic carbocycles. The van der Waals surface area contributed by atoms with Crippen LogP contribution in [0, 0.1) is 17.1 Å². The quantitative estimate of drug-likeness (QED) is 0.654. The second-order valence-electron chi connectivity index (χ2n) is 6.49. The van der Waals surface area contributed by atoms with Crippen LogP contribution in [0.2, 0.25) is 0 Å². The molecule has 0 atom stereocenters. The van der Waals surface area contributed by atoms with Gasteiger partial charge in [0.2, 0.25) is 0 Å². The van der Waals surface area contributed by atoms with Gasteiger partial charge in [-0.05, 0) is 67.6 Å². The normalized spacial score (nSPS) is 12.9. The molecule has 2 heterocycles. The van der Waals surface area contributed by atoms with Crippen molar-refractivity contribution >= 4 is 22.2 Å². The summed E-state index contributed by atoms with van der Waals surface area (Å²) in [5.74, 6) is 0.388. The van der Waals surface area contributed by atoms with Crippen LogP contribution in [-0.4, -0.2) is 5.91 Å². The molecule has 1 amide bonds. The lowest BCUT2D eigenvalue weighted by Gasteiger charge is -2.09. The summed E-state index contributed by atoms with van der Waals surface area (Å²) < 4.78 is 24.0. The maximum atomic E-state index is 12.9. The first-order valence-electron chi connectivity index (χ1n) is 8.97. The number of carbonyl (C=O) groups excluding carboxylic acids is 1. The largest absolute Gasteiger partial charge is 0.486 e. The van der Waals surface area contributed by atoms with Crippen LogP contribution in [0.3, 0.4) is 0 Å². The zero-order valence-electron chi connectivity index (χ0n) is 15.0. The predicted octanol–water partition coefficient (Wildman–Crippen LogP) is 5.06. The molecule has 5 nitrogen and oxygen atoms in total. The smallest absolute Gasteiger partial charge is 0.292 e. The number of carbonyl (C=O) groups is 1. The average molecular weight is 396 g/mol. The number of aryl methyl sites for hydroxylation is 1. The fourth-order valence-corrected chi connectivity index (χ4v) is 4.43. The Morgan fingerprint density at radius 3 is 2.79 bits per heavy atom. The van der Waals surface area contributed by atoms with Gasteiger partial charge in [-0.25, -0.2) is 4.39 Å². The van der Waals surface area contributed by atoms with Gasteiger partial charge >= 0.3 is 0 Å². The summed E-state index contributed by atoms with van der Waals surface area (Å²) in [5.41, 5.74) is 1.64. The third kappa shape index (κ3) is 3.78. The third-order valence-electron chi connectivity index (χ3n) is 4.59. The molecule has 1 aliphatic rings. The van der Waals surface area contributed by atoms with Crippen LogP contribution in [-0.2, 0) is 19.4 Å². The molecule has 2 aromatic heterocycles. The molecule has 0 radical (unpaired) electrons. The molecule has 0 spiro atoms. The Hall–Kier alpha value is -3.11. The molecular weight excluding hydrogens is 379 g/mol. The maximum absolute atomic E-state index is 12.9. The van der Waals surface area contributed by atoms with Gasteiger partial charge in [0, 0.05) is 4.88 Å². The molecule has 3 aromatic rings. The topological polar surface area (TPSA) is 75.3 Å². The Morgan fingerprint density at radius 1 is 1.21 bits per heavy atom. The summed E-state index contributed by atoms with van der Waals surface area (Å²) in [7, 11) is 0. The summed E-state index contributed by atoms with van der Waals surface area (Å²) in [6.45, 7) is 0.121. The van der Waals surface area contributed by atoms with E-state index in [1.165, 1.54) is 40.5 Å². The molecule has 1 aliphatic carbocycles. The molecule has 142 valence electrons. The number of amides is 1. The van der Waals surface area contributed by atoms with Crippen LogP contribution in [0.15, 0.2) is 40.8 Å². The van der Waals surface area contributed by atoms with Crippen molar-refractivity contribution < 1.29 is 18.3 Å². The first-order chi connectivity index (χ1) is 13.6. The van der Waals surface area contributed by atoms with Crippen molar-refractivity contribution in [2.75, 3.05) is 5.32 Å². The third-order valence-corrected chi connectivity index (χ3v) is 5.80. The number of furan rings is 1. The lowest BCUT2D eigenvalue weighted by molar-refractivity contribution is 0.0993. The maximum Gasteiger partial charge on any atom is 0.292 e. The standard InChI is InChI=1S/C21H17FN2O3S/c22-13-5-7-14(8-6-13)26-12-15-9-10-18(27-15)20(25)24-21-17(11-23)16-3-1-2-4-19(16)28-21/h5-10H,1-4,12H2,(H,24,25). The number of ether oxygens (including phenoxy) is 1. The molecule has 7 heteroatoms. The first kappa shape index (κ1) is 18.3. The Labute approximate surface area is 165 Å². The van der Waals surface area contributed by atoms with E-state index < -0.39 is 5.91 Å². The van der Waals surface area contributed by atoms with Crippen molar-refractivity contribution in [2.24, 2.45) is 0 Å². The second-order valence-corrected chi connectivity index (χ2v) is 7.59. The monoisotopic (exact) mass is 396 g/mol. The Bertz CT molecular complexity index is 1050. The highest BCUT2D eigenvalue weighted by atomic mass is 32.1. The summed E-state index contributed by atoms with van der Waals surface area (Å²) >= 11 is 1.47. The first-order valence-corrected chi connectivity index (χ1v) is 9.79. The van der Waals surface area contributed by atoms with Crippen molar-refractivity contribution in [2.45, 2.75) is 32.3 Å². The number of nitrogens with zero attached hydrogens (tertiary/aromatic N) is 1. The summed E-state index contributed by atoms with van der Waals surface area (Å²) in [5, 5.41) is 12.9. The lowest BCUT2D eigenvalue weighted by Crippen LogP contribution is -2.11. The molecule has 0 fully saturated rings. The number of fused-ring (bicyclic) bond motifs is 1. The summed E-state index contributed by atoms with van der Waals surface area (Å²) in [6, 6.07) is 11.1. The van der Waals surface area contributed by atoms with Crippen molar-refractivity contribution in [3.8, 4) is 11.8 Å². The zero-order chi connectivity index (χ0) is 19.5. The van der Waals surface area contributed by atoms with Crippen molar-refractivity contribution in [3.05, 3.63) is 69.7 Å². The molecule has 0 bridgehead atoms. The van der Waals surface area contributed by atoms with Crippen LogP contribution in [0.5, 0.6) is 5.75 Å². The summed E-state index contributed by atoms with van der Waals surface area (Å²) in [6.07, 6.45) is 4.02. The molecule has 0 saturated carbocycles. The van der Waals surface area contributed by atoms with Crippen molar-refractivity contribution in [1.29, 1.82) is 5.26 Å². The number of halogens is 1. The van der Waals surface area contributed by atoms with Gasteiger partial charge in [0.15, 0.2) is 5.76 Å². The van der Waals surface area contributed by atoms with E-state index in [0.29, 0.717) is 22.1 Å². The van der Waals surface area contributed by atoms with Crippen LogP contribution in [0.1, 0.15) is 45.2 Å². The molecule has 0 aliphatic heterocycles. The van der Waals surface area contributed by atoms with E-state index in [1.807, 2.05) is 0 Å². The van der Waals surface area contributed by atoms with E-state index in [2.05, 4.69) is 11.4 Å². The fraction of sp³-hybridized carbons (Fsp3) is 0.238. The van der Waals surface area contributed by atoms with E-state index in [-0.39, 0.29) is 18.2 Å². The van der Waals surface area contributed by atoms with Crippen LogP contribution in [0.25, 0.3) is 0 Å². The zero-order valence-corrected chi connectivity index (χ0v) is 15.8. The number of nitriles is 1. The van der Waals surface area contributed by atoms with Crippen LogP contribution >= 0.6 is 11.3 Å². The van der Waals surface area contributed by atoms with Crippen molar-refractivity contribution in [3.63, 3.8) is 0 Å². The average Bonchev–Trinajstić information content (AvgIpc) is 3.31. The number of hydrogen-bond acceptors (Lipinski definition) is 5. The van der Waals surface area contributed by atoms with Crippen molar-refractivity contribution in [1.82, 2.24) is 0 Å². The van der Waals surface area contributed by atoms with Gasteiger partial charge in [-0.3, -0.25) is 4.79 Å². The minimum Gasteiger partial charge on any atom is -0.486 e. The van der Waals surface area contributed by atoms with Gasteiger partial charge in [-0.2, -0.15) is 5.26 Å².